The van der Waals surface area contributed by atoms with Crippen molar-refractivity contribution in [2.24, 2.45) is 0 Å². The number of esters is 1. The minimum atomic E-state index is -0.506. The van der Waals surface area contributed by atoms with Crippen LogP contribution in [0.25, 0.3) is 0 Å². The highest BCUT2D eigenvalue weighted by molar-refractivity contribution is 5.84. The van der Waals surface area contributed by atoms with Gasteiger partial charge >= 0.3 is 5.97 Å². The number of hydrogen-bond acceptors (Lipinski definition) is 5. The molecule has 0 fully saturated rings. The van der Waals surface area contributed by atoms with Crippen molar-refractivity contribution in [3.63, 3.8) is 0 Å². The summed E-state index contributed by atoms with van der Waals surface area (Å²) < 4.78 is 5.42. The van der Waals surface area contributed by atoms with Crippen LogP contribution in [-0.2, 0) is 27.4 Å². The molecule has 2 N–H and O–H groups in total. The molecule has 3 rings (SSSR count). The van der Waals surface area contributed by atoms with Crippen molar-refractivity contribution in [1.82, 2.24) is 10.3 Å². The number of rotatable bonds is 10. The second kappa shape index (κ2) is 11.5. The van der Waals surface area contributed by atoms with E-state index in [4.69, 9.17) is 4.74 Å². The maximum absolute atomic E-state index is 12.8. The Labute approximate surface area is 182 Å². The number of nitrogens with one attached hydrogen (secondary N) is 2. The van der Waals surface area contributed by atoms with Gasteiger partial charge in [-0.25, -0.2) is 4.98 Å². The quantitative estimate of drug-likeness (QED) is 0.491. The number of nitrogens with zero attached hydrogens (tertiary/aromatic N) is 1. The molecule has 6 nitrogen and oxygen atoms in total. The van der Waals surface area contributed by atoms with E-state index in [1.54, 1.807) is 19.2 Å². The van der Waals surface area contributed by atoms with E-state index in [2.05, 4.69) is 15.6 Å². The van der Waals surface area contributed by atoms with Gasteiger partial charge in [0.05, 0.1) is 6.42 Å². The van der Waals surface area contributed by atoms with Crippen molar-refractivity contribution in [2.75, 3.05) is 5.32 Å². The zero-order valence-corrected chi connectivity index (χ0v) is 17.5. The maximum Gasteiger partial charge on any atom is 0.308 e. The number of aromatic nitrogens is 1. The van der Waals surface area contributed by atoms with Crippen molar-refractivity contribution < 1.29 is 14.3 Å². The molecule has 6 heteroatoms. The molecule has 1 aromatic heterocycles. The van der Waals surface area contributed by atoms with E-state index in [0.717, 1.165) is 11.1 Å². The van der Waals surface area contributed by atoms with E-state index in [-0.39, 0.29) is 30.9 Å². The van der Waals surface area contributed by atoms with Crippen LogP contribution in [0.1, 0.15) is 24.5 Å². The van der Waals surface area contributed by atoms with Gasteiger partial charge in [0, 0.05) is 12.2 Å². The smallest absolute Gasteiger partial charge is 0.308 e. The van der Waals surface area contributed by atoms with Gasteiger partial charge in [0.1, 0.15) is 18.5 Å². The predicted molar refractivity (Wildman–Crippen MR) is 120 cm³/mol. The van der Waals surface area contributed by atoms with Crippen LogP contribution in [0, 0.1) is 0 Å². The Hall–Kier alpha value is -3.67. The highest BCUT2D eigenvalue weighted by atomic mass is 16.5. The average molecular weight is 418 g/mol. The molecule has 0 saturated heterocycles. The summed E-state index contributed by atoms with van der Waals surface area (Å²) in [6.07, 6.45) is 2.28. The number of carbonyl (C=O) groups excluding carboxylic acids is 2. The standard InChI is InChI=1S/C25H27N3O3/c1-19(27-23-14-8-9-15-26-23)25(30)28-22(16-20-10-4-2-5-11-20)17-24(29)31-18-21-12-6-3-7-13-21/h2-15,19,22H,16-18H2,1H3,(H,26,27)(H,28,30)/t19-,22-/m0/s1. The van der Waals surface area contributed by atoms with E-state index in [9.17, 15) is 9.59 Å². The monoisotopic (exact) mass is 417 g/mol. The summed E-state index contributed by atoms with van der Waals surface area (Å²) in [6, 6.07) is 23.9. The molecule has 0 aliphatic rings. The molecule has 0 spiro atoms. The molecule has 0 saturated carbocycles. The first kappa shape index (κ1) is 22.0. The van der Waals surface area contributed by atoms with Crippen LogP contribution in [0.2, 0.25) is 0 Å². The van der Waals surface area contributed by atoms with E-state index in [0.29, 0.717) is 12.2 Å². The summed E-state index contributed by atoms with van der Waals surface area (Å²) in [4.78, 5) is 29.4. The first-order valence-corrected chi connectivity index (χ1v) is 10.3. The lowest BCUT2D eigenvalue weighted by Gasteiger charge is -2.21. The van der Waals surface area contributed by atoms with Crippen molar-refractivity contribution in [3.8, 4) is 0 Å². The van der Waals surface area contributed by atoms with Gasteiger partial charge in [-0.1, -0.05) is 66.7 Å². The fourth-order valence-electron chi connectivity index (χ4n) is 3.13. The first-order valence-electron chi connectivity index (χ1n) is 10.3. The van der Waals surface area contributed by atoms with Crippen molar-refractivity contribution >= 4 is 17.7 Å². The minimum absolute atomic E-state index is 0.0871. The highest BCUT2D eigenvalue weighted by Gasteiger charge is 2.21. The van der Waals surface area contributed by atoms with Crippen LogP contribution >= 0.6 is 0 Å². The average Bonchev–Trinajstić information content (AvgIpc) is 2.79. The lowest BCUT2D eigenvalue weighted by molar-refractivity contribution is -0.145. The van der Waals surface area contributed by atoms with E-state index in [1.165, 1.54) is 0 Å². The fraction of sp³-hybridized carbons (Fsp3) is 0.240. The predicted octanol–water partition coefficient (Wildman–Crippen LogP) is 3.74. The SMILES string of the molecule is C[C@H](Nc1ccccn1)C(=O)N[C@H](CC(=O)OCc1ccccc1)Cc1ccccc1. The third kappa shape index (κ3) is 7.59. The van der Waals surface area contributed by atoms with Crippen molar-refractivity contribution in [1.29, 1.82) is 0 Å². The summed E-state index contributed by atoms with van der Waals surface area (Å²) in [6.45, 7) is 1.97. The zero-order chi connectivity index (χ0) is 21.9. The molecule has 0 radical (unpaired) electrons. The van der Waals surface area contributed by atoms with Gasteiger partial charge < -0.3 is 15.4 Å². The molecular weight excluding hydrogens is 390 g/mol. The van der Waals surface area contributed by atoms with Crippen molar-refractivity contribution in [3.05, 3.63) is 96.2 Å². The third-order valence-electron chi connectivity index (χ3n) is 4.75. The van der Waals surface area contributed by atoms with Gasteiger partial charge in [-0.05, 0) is 36.6 Å². The summed E-state index contributed by atoms with van der Waals surface area (Å²) in [5.41, 5.74) is 1.96. The van der Waals surface area contributed by atoms with Crippen molar-refractivity contribution in [2.45, 2.75) is 38.5 Å². The molecule has 160 valence electrons. The summed E-state index contributed by atoms with van der Waals surface area (Å²) in [7, 11) is 0. The van der Waals surface area contributed by atoms with E-state index >= 15 is 0 Å². The number of ether oxygens (including phenoxy) is 1. The number of hydrogen-bond donors (Lipinski definition) is 2. The normalized spacial score (nSPS) is 12.4. The largest absolute Gasteiger partial charge is 0.461 e. The van der Waals surface area contributed by atoms with Gasteiger partial charge in [0.2, 0.25) is 5.91 Å². The molecule has 0 aliphatic carbocycles. The van der Waals surface area contributed by atoms with Crippen LogP contribution in [0.15, 0.2) is 85.1 Å². The first-order chi connectivity index (χ1) is 15.1. The molecule has 0 unspecified atom stereocenters. The van der Waals surface area contributed by atoms with Gasteiger partial charge in [0.25, 0.3) is 0 Å². The molecule has 0 aliphatic heterocycles. The van der Waals surface area contributed by atoms with Crippen LogP contribution in [0.5, 0.6) is 0 Å². The second-order valence-electron chi connectivity index (χ2n) is 7.33. The molecule has 2 atom stereocenters. The molecule has 31 heavy (non-hydrogen) atoms. The number of anilines is 1. The topological polar surface area (TPSA) is 80.3 Å². The molecule has 0 bridgehead atoms. The minimum Gasteiger partial charge on any atom is -0.461 e. The number of pyridine rings is 1. The van der Waals surface area contributed by atoms with E-state index < -0.39 is 6.04 Å². The molecule has 2 aromatic carbocycles. The number of amides is 1. The lowest BCUT2D eigenvalue weighted by Crippen LogP contribution is -2.45. The summed E-state index contributed by atoms with van der Waals surface area (Å²) in [5.74, 6) is 0.0601. The molecule has 3 aromatic rings. The Bertz CT molecular complexity index is 950. The molecule has 1 heterocycles. The molecule has 1 amide bonds. The van der Waals surface area contributed by atoms with Crippen LogP contribution in [-0.4, -0.2) is 28.9 Å². The maximum atomic E-state index is 12.8. The summed E-state index contributed by atoms with van der Waals surface area (Å²) in [5, 5.41) is 6.06. The molecular formula is C25H27N3O3. The van der Waals surface area contributed by atoms with Crippen LogP contribution in [0.3, 0.4) is 0 Å². The number of benzene rings is 2. The van der Waals surface area contributed by atoms with E-state index in [1.807, 2.05) is 72.8 Å². The van der Waals surface area contributed by atoms with Gasteiger partial charge in [0.15, 0.2) is 0 Å². The Morgan fingerprint density at radius 1 is 0.903 bits per heavy atom. The number of carbonyl (C=O) groups is 2. The highest BCUT2D eigenvalue weighted by Crippen LogP contribution is 2.10. The Morgan fingerprint density at radius 3 is 2.19 bits per heavy atom. The lowest BCUT2D eigenvalue weighted by atomic mass is 10.0. The van der Waals surface area contributed by atoms with Crippen LogP contribution in [0.4, 0.5) is 5.82 Å². The Balaban J connectivity index is 1.59. The third-order valence-corrected chi connectivity index (χ3v) is 4.75. The summed E-state index contributed by atoms with van der Waals surface area (Å²) >= 11 is 0. The van der Waals surface area contributed by atoms with Crippen LogP contribution < -0.4 is 10.6 Å². The van der Waals surface area contributed by atoms with Gasteiger partial charge in [-0.3, -0.25) is 9.59 Å². The Kier molecular flexibility index (Phi) is 8.17. The van der Waals surface area contributed by atoms with Gasteiger partial charge in [-0.2, -0.15) is 0 Å². The fourth-order valence-corrected chi connectivity index (χ4v) is 3.13. The second-order valence-corrected chi connectivity index (χ2v) is 7.33. The van der Waals surface area contributed by atoms with Gasteiger partial charge in [-0.15, -0.1) is 0 Å². The Morgan fingerprint density at radius 2 is 1.55 bits per heavy atom. The zero-order valence-electron chi connectivity index (χ0n) is 17.5.